The Morgan fingerprint density at radius 1 is 0.884 bits per heavy atom. The summed E-state index contributed by atoms with van der Waals surface area (Å²) in [5.74, 6) is 1.13. The van der Waals surface area contributed by atoms with Crippen molar-refractivity contribution in [3.8, 4) is 11.4 Å². The van der Waals surface area contributed by atoms with Crippen LogP contribution in [0.25, 0.3) is 16.5 Å². The van der Waals surface area contributed by atoms with Gasteiger partial charge in [-0.2, -0.15) is 5.10 Å². The second-order valence-corrected chi connectivity index (χ2v) is 11.4. The van der Waals surface area contributed by atoms with Crippen LogP contribution in [-0.4, -0.2) is 26.7 Å². The van der Waals surface area contributed by atoms with E-state index in [4.69, 9.17) is 9.84 Å². The SMILES string of the molecule is CCC(=O)Nc1cnccc1COc1ccc(NC(=O)Nc2cc(C(C)(C)C)nn2-c2ccc(C)cc2)c2ccccc12. The highest BCUT2D eigenvalue weighted by atomic mass is 16.5. The number of anilines is 3. The summed E-state index contributed by atoms with van der Waals surface area (Å²) in [7, 11) is 0. The number of pyridine rings is 1. The summed E-state index contributed by atoms with van der Waals surface area (Å²) in [4.78, 5) is 29.4. The van der Waals surface area contributed by atoms with Gasteiger partial charge < -0.3 is 15.4 Å². The second-order valence-electron chi connectivity index (χ2n) is 11.4. The molecule has 2 heterocycles. The number of nitrogens with zero attached hydrogens (tertiary/aromatic N) is 3. The van der Waals surface area contributed by atoms with Crippen molar-refractivity contribution in [2.75, 3.05) is 16.0 Å². The third-order valence-corrected chi connectivity index (χ3v) is 7.02. The standard InChI is InChI=1S/C34H36N6O3/c1-6-32(41)36-28-20-35-18-17-23(28)21-43-29-16-15-27(25-9-7-8-10-26(25)29)37-33(42)38-31-19-30(34(3,4)5)39-40(31)24-13-11-22(2)12-14-24/h7-20H,6,21H2,1-5H3,(H,36,41)(H2,37,38,42). The van der Waals surface area contributed by atoms with Crippen LogP contribution in [-0.2, 0) is 16.8 Å². The van der Waals surface area contributed by atoms with Crippen LogP contribution in [0.5, 0.6) is 5.75 Å². The number of benzene rings is 3. The Labute approximate surface area is 251 Å². The molecule has 43 heavy (non-hydrogen) atoms. The van der Waals surface area contributed by atoms with E-state index in [9.17, 15) is 9.59 Å². The third kappa shape index (κ3) is 6.83. The summed E-state index contributed by atoms with van der Waals surface area (Å²) < 4.78 is 7.96. The van der Waals surface area contributed by atoms with Crippen LogP contribution in [0.15, 0.2) is 85.2 Å². The largest absolute Gasteiger partial charge is 0.488 e. The molecule has 0 saturated heterocycles. The number of ether oxygens (including phenoxy) is 1. The predicted octanol–water partition coefficient (Wildman–Crippen LogP) is 7.60. The molecule has 0 saturated carbocycles. The first kappa shape index (κ1) is 29.3. The minimum atomic E-state index is -0.388. The maximum atomic E-state index is 13.3. The lowest BCUT2D eigenvalue weighted by atomic mass is 9.92. The molecule has 5 aromatic rings. The molecule has 0 bridgehead atoms. The average Bonchev–Trinajstić information content (AvgIpc) is 3.42. The Kier molecular flexibility index (Phi) is 8.43. The smallest absolute Gasteiger partial charge is 0.324 e. The molecule has 0 unspecified atom stereocenters. The molecule has 5 rings (SSSR count). The highest BCUT2D eigenvalue weighted by molar-refractivity contribution is 6.07. The van der Waals surface area contributed by atoms with E-state index in [1.807, 2.05) is 79.7 Å². The Balaban J connectivity index is 1.37. The average molecular weight is 577 g/mol. The number of hydrogen-bond acceptors (Lipinski definition) is 5. The van der Waals surface area contributed by atoms with Gasteiger partial charge in [0, 0.05) is 40.4 Å². The molecule has 0 aliphatic rings. The topological polar surface area (TPSA) is 110 Å². The quantitative estimate of drug-likeness (QED) is 0.176. The fourth-order valence-corrected chi connectivity index (χ4v) is 4.55. The highest BCUT2D eigenvalue weighted by Gasteiger charge is 2.22. The number of fused-ring (bicyclic) bond motifs is 1. The van der Waals surface area contributed by atoms with Crippen molar-refractivity contribution in [1.82, 2.24) is 14.8 Å². The molecular weight excluding hydrogens is 540 g/mol. The van der Waals surface area contributed by atoms with Gasteiger partial charge in [-0.15, -0.1) is 0 Å². The highest BCUT2D eigenvalue weighted by Crippen LogP contribution is 2.33. The Hall–Kier alpha value is -5.18. The van der Waals surface area contributed by atoms with Crippen LogP contribution in [0.2, 0.25) is 0 Å². The Morgan fingerprint density at radius 3 is 2.35 bits per heavy atom. The fraction of sp³-hybridized carbons (Fsp3) is 0.235. The first-order chi connectivity index (χ1) is 20.6. The molecule has 9 heteroatoms. The van der Waals surface area contributed by atoms with Gasteiger partial charge in [0.15, 0.2) is 0 Å². The first-order valence-corrected chi connectivity index (χ1v) is 14.2. The summed E-state index contributed by atoms with van der Waals surface area (Å²) in [6.45, 7) is 10.3. The van der Waals surface area contributed by atoms with Gasteiger partial charge in [0.2, 0.25) is 5.91 Å². The number of hydrogen-bond donors (Lipinski definition) is 3. The van der Waals surface area contributed by atoms with Crippen molar-refractivity contribution in [1.29, 1.82) is 0 Å². The molecule has 220 valence electrons. The maximum Gasteiger partial charge on any atom is 0.324 e. The Bertz CT molecular complexity index is 1770. The van der Waals surface area contributed by atoms with Crippen LogP contribution in [0.1, 0.15) is 50.9 Å². The summed E-state index contributed by atoms with van der Waals surface area (Å²) in [5, 5.41) is 15.3. The van der Waals surface area contributed by atoms with Crippen LogP contribution in [0, 0.1) is 6.92 Å². The minimum absolute atomic E-state index is 0.0926. The van der Waals surface area contributed by atoms with E-state index in [0.29, 0.717) is 29.4 Å². The van der Waals surface area contributed by atoms with E-state index in [2.05, 4.69) is 41.7 Å². The molecule has 0 radical (unpaired) electrons. The zero-order chi connectivity index (χ0) is 30.6. The van der Waals surface area contributed by atoms with E-state index >= 15 is 0 Å². The molecule has 0 atom stereocenters. The van der Waals surface area contributed by atoms with Crippen molar-refractivity contribution >= 4 is 39.9 Å². The van der Waals surface area contributed by atoms with E-state index in [0.717, 1.165) is 33.3 Å². The molecule has 9 nitrogen and oxygen atoms in total. The zero-order valence-electron chi connectivity index (χ0n) is 25.1. The van der Waals surface area contributed by atoms with Crippen LogP contribution in [0.3, 0.4) is 0 Å². The van der Waals surface area contributed by atoms with Gasteiger partial charge in [0.25, 0.3) is 0 Å². The number of aryl methyl sites for hydroxylation is 1. The number of amides is 3. The molecule has 0 spiro atoms. The number of nitrogens with one attached hydrogen (secondary N) is 3. The number of carbonyl (C=O) groups is 2. The summed E-state index contributed by atoms with van der Waals surface area (Å²) in [5.41, 5.74) is 4.72. The van der Waals surface area contributed by atoms with Gasteiger partial charge in [-0.25, -0.2) is 9.48 Å². The maximum absolute atomic E-state index is 13.3. The number of aromatic nitrogens is 3. The van der Waals surface area contributed by atoms with Crippen molar-refractivity contribution in [2.45, 2.75) is 53.1 Å². The van der Waals surface area contributed by atoms with E-state index in [-0.39, 0.29) is 24.0 Å². The first-order valence-electron chi connectivity index (χ1n) is 14.2. The number of carbonyl (C=O) groups excluding carboxylic acids is 2. The van der Waals surface area contributed by atoms with Gasteiger partial charge in [0.1, 0.15) is 18.2 Å². The van der Waals surface area contributed by atoms with Gasteiger partial charge >= 0.3 is 6.03 Å². The third-order valence-electron chi connectivity index (χ3n) is 7.02. The zero-order valence-corrected chi connectivity index (χ0v) is 25.1. The van der Waals surface area contributed by atoms with Gasteiger partial charge in [-0.1, -0.05) is 69.7 Å². The van der Waals surface area contributed by atoms with E-state index in [1.54, 1.807) is 24.0 Å². The molecule has 3 aromatic carbocycles. The molecular formula is C34H36N6O3. The van der Waals surface area contributed by atoms with Crippen molar-refractivity contribution in [3.05, 3.63) is 102 Å². The van der Waals surface area contributed by atoms with Crippen molar-refractivity contribution < 1.29 is 14.3 Å². The summed E-state index contributed by atoms with van der Waals surface area (Å²) in [6, 6.07) is 22.7. The lowest BCUT2D eigenvalue weighted by Gasteiger charge is -2.15. The predicted molar refractivity (Wildman–Crippen MR) is 171 cm³/mol. The van der Waals surface area contributed by atoms with E-state index < -0.39 is 0 Å². The lowest BCUT2D eigenvalue weighted by molar-refractivity contribution is -0.115. The molecule has 0 aliphatic heterocycles. The van der Waals surface area contributed by atoms with Gasteiger partial charge in [-0.05, 0) is 37.3 Å². The molecule has 0 aliphatic carbocycles. The van der Waals surface area contributed by atoms with Crippen LogP contribution in [0.4, 0.5) is 22.0 Å². The number of urea groups is 1. The minimum Gasteiger partial charge on any atom is -0.488 e. The normalized spacial score (nSPS) is 11.3. The van der Waals surface area contributed by atoms with Crippen molar-refractivity contribution in [3.63, 3.8) is 0 Å². The number of rotatable bonds is 8. The summed E-state index contributed by atoms with van der Waals surface area (Å²) in [6.07, 6.45) is 3.65. The molecule has 2 aromatic heterocycles. The second kappa shape index (κ2) is 12.4. The van der Waals surface area contributed by atoms with Crippen LogP contribution < -0.4 is 20.7 Å². The Morgan fingerprint density at radius 2 is 1.63 bits per heavy atom. The fourth-order valence-electron chi connectivity index (χ4n) is 4.55. The van der Waals surface area contributed by atoms with Crippen LogP contribution >= 0.6 is 0 Å². The van der Waals surface area contributed by atoms with E-state index in [1.165, 1.54) is 0 Å². The van der Waals surface area contributed by atoms with Crippen molar-refractivity contribution in [2.24, 2.45) is 0 Å². The molecule has 0 fully saturated rings. The molecule has 3 N–H and O–H groups in total. The lowest BCUT2D eigenvalue weighted by Crippen LogP contribution is -2.21. The summed E-state index contributed by atoms with van der Waals surface area (Å²) >= 11 is 0. The monoisotopic (exact) mass is 576 g/mol. The van der Waals surface area contributed by atoms with Gasteiger partial charge in [0.05, 0.1) is 29.0 Å². The van der Waals surface area contributed by atoms with Gasteiger partial charge in [-0.3, -0.25) is 15.1 Å². The molecule has 3 amide bonds.